The van der Waals surface area contributed by atoms with Crippen molar-refractivity contribution in [3.8, 4) is 5.75 Å². The zero-order valence-corrected chi connectivity index (χ0v) is 14.7. The number of ether oxygens (including phenoxy) is 1. The van der Waals surface area contributed by atoms with Gasteiger partial charge in [0.15, 0.2) is 11.5 Å². The smallest absolute Gasteiger partial charge is 0.266 e. The van der Waals surface area contributed by atoms with Crippen molar-refractivity contribution in [3.05, 3.63) is 65.0 Å². The summed E-state index contributed by atoms with van der Waals surface area (Å²) in [5.74, 6) is -0.489. The monoisotopic (exact) mass is 359 g/mol. The summed E-state index contributed by atoms with van der Waals surface area (Å²) >= 11 is 0. The van der Waals surface area contributed by atoms with Crippen LogP contribution in [0.4, 0.5) is 8.78 Å². The lowest BCUT2D eigenvalue weighted by Gasteiger charge is -2.27. The summed E-state index contributed by atoms with van der Waals surface area (Å²) in [5, 5.41) is 0. The lowest BCUT2D eigenvalue weighted by atomic mass is 9.82. The Morgan fingerprint density at radius 1 is 1.23 bits per heavy atom. The fraction of sp³-hybridized carbons (Fsp3) is 0.263. The molecule has 26 heavy (non-hydrogen) atoms. The maximum Gasteiger partial charge on any atom is 0.266 e. The number of guanidine groups is 1. The number of hydrogen-bond donors (Lipinski definition) is 1. The second-order valence-corrected chi connectivity index (χ2v) is 6.20. The number of halogens is 2. The Kier molecular flexibility index (Phi) is 4.39. The molecule has 1 aliphatic heterocycles. The van der Waals surface area contributed by atoms with E-state index in [9.17, 15) is 13.6 Å². The van der Waals surface area contributed by atoms with Crippen LogP contribution in [0, 0.1) is 12.7 Å². The van der Waals surface area contributed by atoms with Crippen LogP contribution in [0.15, 0.2) is 47.5 Å². The predicted molar refractivity (Wildman–Crippen MR) is 93.9 cm³/mol. The number of carbonyl (C=O) groups excluding carboxylic acids is 1. The van der Waals surface area contributed by atoms with E-state index in [0.29, 0.717) is 22.4 Å². The number of benzene rings is 2. The lowest BCUT2D eigenvalue weighted by molar-refractivity contribution is -0.129. The zero-order valence-electron chi connectivity index (χ0n) is 14.7. The Morgan fingerprint density at radius 2 is 1.92 bits per heavy atom. The zero-order chi connectivity index (χ0) is 19.1. The second kappa shape index (κ2) is 6.40. The number of alkyl halides is 1. The molecule has 0 fully saturated rings. The van der Waals surface area contributed by atoms with E-state index in [2.05, 4.69) is 4.99 Å². The van der Waals surface area contributed by atoms with E-state index in [1.807, 2.05) is 0 Å². The number of rotatable bonds is 4. The lowest BCUT2D eigenvalue weighted by Crippen LogP contribution is -2.41. The van der Waals surface area contributed by atoms with E-state index in [4.69, 9.17) is 10.5 Å². The molecule has 2 aromatic carbocycles. The Morgan fingerprint density at radius 3 is 2.46 bits per heavy atom. The van der Waals surface area contributed by atoms with Gasteiger partial charge in [-0.1, -0.05) is 18.2 Å². The summed E-state index contributed by atoms with van der Waals surface area (Å²) in [4.78, 5) is 18.7. The van der Waals surface area contributed by atoms with E-state index < -0.39 is 23.6 Å². The minimum atomic E-state index is -1.49. The second-order valence-electron chi connectivity index (χ2n) is 6.20. The van der Waals surface area contributed by atoms with E-state index >= 15 is 0 Å². The Bertz CT molecular complexity index is 898. The molecule has 2 N–H and O–H groups in total. The molecule has 0 spiro atoms. The molecular formula is C19H19F2N3O2. The van der Waals surface area contributed by atoms with Crippen LogP contribution in [0.3, 0.4) is 0 Å². The van der Waals surface area contributed by atoms with Crippen molar-refractivity contribution in [3.63, 3.8) is 0 Å². The van der Waals surface area contributed by atoms with E-state index in [1.54, 1.807) is 31.2 Å². The maximum absolute atomic E-state index is 13.8. The molecule has 2 atom stereocenters. The Hall–Kier alpha value is -2.96. The molecule has 2 aromatic rings. The van der Waals surface area contributed by atoms with Crippen molar-refractivity contribution in [2.45, 2.75) is 25.7 Å². The van der Waals surface area contributed by atoms with Gasteiger partial charge in [0.05, 0.1) is 0 Å². The molecule has 1 amide bonds. The first-order chi connectivity index (χ1) is 12.3. The summed E-state index contributed by atoms with van der Waals surface area (Å²) in [6.45, 7) is 3.01. The van der Waals surface area contributed by atoms with Gasteiger partial charge in [0.2, 0.25) is 6.36 Å². The maximum atomic E-state index is 13.8. The molecule has 7 heteroatoms. The third kappa shape index (κ3) is 2.79. The molecule has 136 valence electrons. The SMILES string of the molecule is Cc1cc(C2(c3cccc(F)c3)N=C(N)N(C)C2=O)ccc1OC(C)F. The number of carbonyl (C=O) groups is 1. The molecule has 0 radical (unpaired) electrons. The van der Waals surface area contributed by atoms with Crippen LogP contribution >= 0.6 is 0 Å². The minimum Gasteiger partial charge on any atom is -0.460 e. The molecule has 0 bridgehead atoms. The first kappa shape index (κ1) is 17.8. The number of amides is 1. The van der Waals surface area contributed by atoms with Crippen molar-refractivity contribution in [2.24, 2.45) is 10.7 Å². The van der Waals surface area contributed by atoms with Gasteiger partial charge in [0, 0.05) is 14.0 Å². The van der Waals surface area contributed by atoms with Gasteiger partial charge in [-0.3, -0.25) is 9.69 Å². The van der Waals surface area contributed by atoms with Crippen LogP contribution < -0.4 is 10.5 Å². The van der Waals surface area contributed by atoms with Crippen molar-refractivity contribution in [1.82, 2.24) is 4.90 Å². The van der Waals surface area contributed by atoms with E-state index in [1.165, 1.54) is 37.1 Å². The molecule has 0 saturated heterocycles. The predicted octanol–water partition coefficient (Wildman–Crippen LogP) is 2.86. The number of aliphatic imine (C=N–C) groups is 1. The van der Waals surface area contributed by atoms with Gasteiger partial charge in [-0.25, -0.2) is 13.8 Å². The highest BCUT2D eigenvalue weighted by atomic mass is 19.1. The minimum absolute atomic E-state index is 0.0367. The number of likely N-dealkylation sites (N-methyl/N-ethyl adjacent to an activating group) is 1. The number of nitrogens with zero attached hydrogens (tertiary/aromatic N) is 2. The van der Waals surface area contributed by atoms with Gasteiger partial charge >= 0.3 is 0 Å². The Balaban J connectivity index is 2.21. The summed E-state index contributed by atoms with van der Waals surface area (Å²) in [5.41, 5.74) is 5.87. The summed E-state index contributed by atoms with van der Waals surface area (Å²) in [6, 6.07) is 10.5. The molecule has 0 aliphatic carbocycles. The molecule has 1 heterocycles. The average molecular weight is 359 g/mol. The van der Waals surface area contributed by atoms with Gasteiger partial charge < -0.3 is 10.5 Å². The van der Waals surface area contributed by atoms with Crippen LogP contribution in [0.1, 0.15) is 23.6 Å². The number of aryl methyl sites for hydroxylation is 1. The molecule has 3 rings (SSSR count). The van der Waals surface area contributed by atoms with Crippen LogP contribution in [-0.4, -0.2) is 30.2 Å². The molecule has 0 saturated carbocycles. The first-order valence-corrected chi connectivity index (χ1v) is 8.07. The third-order valence-corrected chi connectivity index (χ3v) is 4.36. The number of hydrogen-bond acceptors (Lipinski definition) is 4. The van der Waals surface area contributed by atoms with Crippen LogP contribution in [-0.2, 0) is 10.3 Å². The van der Waals surface area contributed by atoms with Gasteiger partial charge in [-0.2, -0.15) is 0 Å². The van der Waals surface area contributed by atoms with Crippen molar-refractivity contribution < 1.29 is 18.3 Å². The van der Waals surface area contributed by atoms with Gasteiger partial charge in [0.25, 0.3) is 5.91 Å². The van der Waals surface area contributed by atoms with Crippen LogP contribution in [0.25, 0.3) is 0 Å². The molecular weight excluding hydrogens is 340 g/mol. The van der Waals surface area contributed by atoms with Gasteiger partial charge in [0.1, 0.15) is 11.6 Å². The van der Waals surface area contributed by atoms with E-state index in [-0.39, 0.29) is 5.96 Å². The Labute approximate surface area is 150 Å². The van der Waals surface area contributed by atoms with Crippen molar-refractivity contribution in [1.29, 1.82) is 0 Å². The summed E-state index contributed by atoms with van der Waals surface area (Å²) in [7, 11) is 1.51. The molecule has 5 nitrogen and oxygen atoms in total. The fourth-order valence-corrected chi connectivity index (χ4v) is 3.08. The van der Waals surface area contributed by atoms with Crippen LogP contribution in [0.5, 0.6) is 5.75 Å². The first-order valence-electron chi connectivity index (χ1n) is 8.07. The quantitative estimate of drug-likeness (QED) is 0.913. The topological polar surface area (TPSA) is 67.9 Å². The largest absolute Gasteiger partial charge is 0.460 e. The fourth-order valence-electron chi connectivity index (χ4n) is 3.08. The summed E-state index contributed by atoms with van der Waals surface area (Å²) in [6.07, 6.45) is -1.47. The van der Waals surface area contributed by atoms with Crippen LogP contribution in [0.2, 0.25) is 0 Å². The third-order valence-electron chi connectivity index (χ3n) is 4.36. The highest BCUT2D eigenvalue weighted by Gasteiger charge is 2.49. The summed E-state index contributed by atoms with van der Waals surface area (Å²) < 4.78 is 32.1. The molecule has 2 unspecified atom stereocenters. The van der Waals surface area contributed by atoms with Gasteiger partial charge in [-0.15, -0.1) is 0 Å². The highest BCUT2D eigenvalue weighted by molar-refractivity contribution is 6.08. The van der Waals surface area contributed by atoms with E-state index in [0.717, 1.165) is 0 Å². The number of nitrogens with two attached hydrogens (primary N) is 1. The standard InChI is InChI=1S/C19H19F2N3O2/c1-11-9-14(7-8-16(11)26-12(2)20)19(13-5-4-6-15(21)10-13)17(25)24(3)18(22)23-19/h4-10,12H,1-3H3,(H2,22,23). The molecule has 0 aromatic heterocycles. The van der Waals surface area contributed by atoms with Crippen molar-refractivity contribution >= 4 is 11.9 Å². The van der Waals surface area contributed by atoms with Gasteiger partial charge in [-0.05, 0) is 47.9 Å². The molecule has 1 aliphatic rings. The average Bonchev–Trinajstić information content (AvgIpc) is 2.81. The normalized spacial score (nSPS) is 20.9. The van der Waals surface area contributed by atoms with Crippen molar-refractivity contribution in [2.75, 3.05) is 7.05 Å². The highest BCUT2D eigenvalue weighted by Crippen LogP contribution is 2.40.